The van der Waals surface area contributed by atoms with Crippen molar-refractivity contribution in [3.8, 4) is 0 Å². The third-order valence-electron chi connectivity index (χ3n) is 4.05. The second-order valence-electron chi connectivity index (χ2n) is 5.94. The average Bonchev–Trinajstić information content (AvgIpc) is 2.46. The molecule has 21 heavy (non-hydrogen) atoms. The van der Waals surface area contributed by atoms with Gasteiger partial charge in [-0.1, -0.05) is 30.3 Å². The molecule has 2 unspecified atom stereocenters. The number of carbonyl (C=O) groups excluding carboxylic acids is 1. The Morgan fingerprint density at radius 3 is 2.71 bits per heavy atom. The maximum Gasteiger partial charge on any atom is 0.224 e. The van der Waals surface area contributed by atoms with Crippen molar-refractivity contribution in [2.75, 3.05) is 6.54 Å². The molecule has 0 spiro atoms. The molecule has 2 N–H and O–H groups in total. The van der Waals surface area contributed by atoms with Crippen LogP contribution in [0.3, 0.4) is 0 Å². The fourth-order valence-electron chi connectivity index (χ4n) is 3.00. The van der Waals surface area contributed by atoms with E-state index in [1.54, 1.807) is 0 Å². The molecule has 1 amide bonds. The van der Waals surface area contributed by atoms with Crippen molar-refractivity contribution in [1.82, 2.24) is 4.90 Å². The van der Waals surface area contributed by atoms with E-state index in [4.69, 9.17) is 5.73 Å². The van der Waals surface area contributed by atoms with Gasteiger partial charge in [0.15, 0.2) is 0 Å². The largest absolute Gasteiger partial charge is 0.340 e. The molecule has 0 radical (unpaired) electrons. The van der Waals surface area contributed by atoms with Crippen LogP contribution in [0, 0.1) is 0 Å². The fourth-order valence-corrected chi connectivity index (χ4v) is 3.00. The summed E-state index contributed by atoms with van der Waals surface area (Å²) in [6, 6.07) is 10.9. The van der Waals surface area contributed by atoms with Crippen LogP contribution < -0.4 is 5.73 Å². The first kappa shape index (κ1) is 18.0. The maximum atomic E-state index is 12.3. The Balaban J connectivity index is 0.00000220. The van der Waals surface area contributed by atoms with Crippen molar-refractivity contribution >= 4 is 18.3 Å². The van der Waals surface area contributed by atoms with Crippen molar-refractivity contribution in [3.63, 3.8) is 0 Å². The highest BCUT2D eigenvalue weighted by atomic mass is 35.5. The summed E-state index contributed by atoms with van der Waals surface area (Å²) in [6.45, 7) is 2.81. The van der Waals surface area contributed by atoms with Crippen LogP contribution in [0.5, 0.6) is 0 Å². The number of aryl methyl sites for hydroxylation is 1. The molecule has 0 bridgehead atoms. The standard InChI is InChI=1S/C17H26N2O.ClH/c1-14(18)13-17(20)19-12-6-5-9-16(19)11-10-15-7-3-2-4-8-15;/h2-4,7-8,14,16H,5-6,9-13,18H2,1H3;1H. The third-order valence-corrected chi connectivity index (χ3v) is 4.05. The molecule has 2 atom stereocenters. The summed E-state index contributed by atoms with van der Waals surface area (Å²) in [5.41, 5.74) is 7.12. The van der Waals surface area contributed by atoms with Crippen molar-refractivity contribution < 1.29 is 4.79 Å². The first-order valence-corrected chi connectivity index (χ1v) is 7.76. The van der Waals surface area contributed by atoms with E-state index in [1.165, 1.54) is 12.0 Å². The van der Waals surface area contributed by atoms with Crippen LogP contribution in [0.2, 0.25) is 0 Å². The summed E-state index contributed by atoms with van der Waals surface area (Å²) in [7, 11) is 0. The lowest BCUT2D eigenvalue weighted by molar-refractivity contribution is -0.135. The van der Waals surface area contributed by atoms with Gasteiger partial charge in [-0.25, -0.2) is 0 Å². The highest BCUT2D eigenvalue weighted by molar-refractivity contribution is 5.85. The molecule has 2 rings (SSSR count). The first-order valence-electron chi connectivity index (χ1n) is 7.76. The predicted molar refractivity (Wildman–Crippen MR) is 89.6 cm³/mol. The number of likely N-dealkylation sites (tertiary alicyclic amines) is 1. The Kier molecular flexibility index (Phi) is 7.76. The van der Waals surface area contributed by atoms with Gasteiger partial charge in [-0.3, -0.25) is 4.79 Å². The van der Waals surface area contributed by atoms with Crippen LogP contribution in [0.1, 0.15) is 44.6 Å². The summed E-state index contributed by atoms with van der Waals surface area (Å²) < 4.78 is 0. The quantitative estimate of drug-likeness (QED) is 0.908. The van der Waals surface area contributed by atoms with Gasteiger partial charge in [-0.15, -0.1) is 12.4 Å². The molecule has 118 valence electrons. The highest BCUT2D eigenvalue weighted by Crippen LogP contribution is 2.22. The minimum atomic E-state index is -0.0424. The first-order chi connectivity index (χ1) is 9.66. The van der Waals surface area contributed by atoms with Crippen LogP contribution in [-0.2, 0) is 11.2 Å². The Morgan fingerprint density at radius 1 is 1.33 bits per heavy atom. The van der Waals surface area contributed by atoms with Gasteiger partial charge in [0, 0.05) is 25.0 Å². The molecule has 1 aliphatic rings. The van der Waals surface area contributed by atoms with E-state index in [1.807, 2.05) is 13.0 Å². The van der Waals surface area contributed by atoms with E-state index in [0.717, 1.165) is 32.2 Å². The van der Waals surface area contributed by atoms with Crippen LogP contribution in [0.25, 0.3) is 0 Å². The lowest BCUT2D eigenvalue weighted by Gasteiger charge is -2.36. The van der Waals surface area contributed by atoms with Crippen LogP contribution in [0.4, 0.5) is 0 Å². The molecule has 1 saturated heterocycles. The number of benzene rings is 1. The minimum absolute atomic E-state index is 0. The van der Waals surface area contributed by atoms with Gasteiger partial charge in [0.05, 0.1) is 0 Å². The monoisotopic (exact) mass is 310 g/mol. The Labute approximate surface area is 134 Å². The van der Waals surface area contributed by atoms with Gasteiger partial charge in [-0.05, 0) is 44.6 Å². The zero-order valence-corrected chi connectivity index (χ0v) is 13.6. The van der Waals surface area contributed by atoms with E-state index in [-0.39, 0.29) is 24.4 Å². The van der Waals surface area contributed by atoms with Crippen molar-refractivity contribution in [3.05, 3.63) is 35.9 Å². The average molecular weight is 311 g/mol. The van der Waals surface area contributed by atoms with E-state index in [9.17, 15) is 4.79 Å². The molecule has 0 aliphatic carbocycles. The number of rotatable bonds is 5. The summed E-state index contributed by atoms with van der Waals surface area (Å²) >= 11 is 0. The van der Waals surface area contributed by atoms with E-state index in [0.29, 0.717) is 12.5 Å². The summed E-state index contributed by atoms with van der Waals surface area (Å²) in [6.07, 6.45) is 6.09. The summed E-state index contributed by atoms with van der Waals surface area (Å²) in [5, 5.41) is 0. The summed E-state index contributed by atoms with van der Waals surface area (Å²) in [5.74, 6) is 0.234. The van der Waals surface area contributed by atoms with Crippen molar-refractivity contribution in [2.24, 2.45) is 5.73 Å². The van der Waals surface area contributed by atoms with Crippen molar-refractivity contribution in [2.45, 2.75) is 57.5 Å². The predicted octanol–water partition coefficient (Wildman–Crippen LogP) is 3.16. The van der Waals surface area contributed by atoms with Crippen LogP contribution >= 0.6 is 12.4 Å². The number of carbonyl (C=O) groups is 1. The molecule has 1 aromatic carbocycles. The Hall–Kier alpha value is -1.06. The van der Waals surface area contributed by atoms with Gasteiger partial charge in [0.2, 0.25) is 5.91 Å². The SMILES string of the molecule is CC(N)CC(=O)N1CCCCC1CCc1ccccc1.Cl. The number of amides is 1. The van der Waals surface area contributed by atoms with Gasteiger partial charge in [0.25, 0.3) is 0 Å². The second-order valence-corrected chi connectivity index (χ2v) is 5.94. The zero-order chi connectivity index (χ0) is 14.4. The molecule has 0 aromatic heterocycles. The third kappa shape index (κ3) is 5.68. The van der Waals surface area contributed by atoms with Gasteiger partial charge in [-0.2, -0.15) is 0 Å². The molecule has 1 fully saturated rings. The zero-order valence-electron chi connectivity index (χ0n) is 12.8. The lowest BCUT2D eigenvalue weighted by Crippen LogP contribution is -2.45. The smallest absolute Gasteiger partial charge is 0.224 e. The topological polar surface area (TPSA) is 46.3 Å². The maximum absolute atomic E-state index is 12.3. The minimum Gasteiger partial charge on any atom is -0.340 e. The highest BCUT2D eigenvalue weighted by Gasteiger charge is 2.26. The van der Waals surface area contributed by atoms with Gasteiger partial charge >= 0.3 is 0 Å². The molecule has 3 nitrogen and oxygen atoms in total. The molecule has 1 heterocycles. The van der Waals surface area contributed by atoms with Crippen LogP contribution in [0.15, 0.2) is 30.3 Å². The van der Waals surface area contributed by atoms with E-state index < -0.39 is 0 Å². The van der Waals surface area contributed by atoms with E-state index >= 15 is 0 Å². The molecular formula is C17H27ClN2O. The molecule has 1 aliphatic heterocycles. The van der Waals surface area contributed by atoms with Crippen LogP contribution in [-0.4, -0.2) is 29.4 Å². The molecule has 0 saturated carbocycles. The molecular weight excluding hydrogens is 284 g/mol. The van der Waals surface area contributed by atoms with Gasteiger partial charge < -0.3 is 10.6 Å². The Morgan fingerprint density at radius 2 is 2.05 bits per heavy atom. The number of piperidine rings is 1. The number of halogens is 1. The summed E-state index contributed by atoms with van der Waals surface area (Å²) in [4.78, 5) is 14.4. The number of nitrogens with two attached hydrogens (primary N) is 1. The molecule has 4 heteroatoms. The number of hydrogen-bond donors (Lipinski definition) is 1. The lowest BCUT2D eigenvalue weighted by atomic mass is 9.95. The molecule has 1 aromatic rings. The Bertz CT molecular complexity index is 422. The van der Waals surface area contributed by atoms with Gasteiger partial charge in [0.1, 0.15) is 0 Å². The van der Waals surface area contributed by atoms with E-state index in [2.05, 4.69) is 29.2 Å². The fraction of sp³-hybridized carbons (Fsp3) is 0.588. The number of hydrogen-bond acceptors (Lipinski definition) is 2. The van der Waals surface area contributed by atoms with Crippen molar-refractivity contribution in [1.29, 1.82) is 0 Å². The number of nitrogens with zero attached hydrogens (tertiary/aromatic N) is 1. The normalized spacial score (nSPS) is 19.7. The second kappa shape index (κ2) is 9.06.